The number of pyridine rings is 2. The Balaban J connectivity index is 1.57. The molecule has 3 aromatic rings. The lowest BCUT2D eigenvalue weighted by Crippen LogP contribution is -2.41. The summed E-state index contributed by atoms with van der Waals surface area (Å²) in [6.45, 7) is -1.05. The fraction of sp³-hybridized carbons (Fsp3) is 0.318. The van der Waals surface area contributed by atoms with Crippen LogP contribution in [0.5, 0.6) is 0 Å². The van der Waals surface area contributed by atoms with Crippen molar-refractivity contribution in [3.8, 4) is 0 Å². The van der Waals surface area contributed by atoms with Gasteiger partial charge in [-0.05, 0) is 36.2 Å². The minimum Gasteiger partial charge on any atom is -0.395 e. The van der Waals surface area contributed by atoms with Crippen molar-refractivity contribution in [2.75, 3.05) is 13.3 Å². The molecule has 3 atom stereocenters. The van der Waals surface area contributed by atoms with E-state index >= 15 is 0 Å². The smallest absolute Gasteiger partial charge is 0.155 e. The molecule has 9 heteroatoms. The third-order valence-electron chi connectivity index (χ3n) is 6.20. The van der Waals surface area contributed by atoms with Crippen molar-refractivity contribution in [1.82, 2.24) is 9.97 Å². The summed E-state index contributed by atoms with van der Waals surface area (Å²) in [5.74, 6) is -0.865. The van der Waals surface area contributed by atoms with Crippen molar-refractivity contribution in [3.63, 3.8) is 0 Å². The van der Waals surface area contributed by atoms with E-state index < -0.39 is 22.8 Å². The monoisotopic (exact) mass is 460 g/mol. The third kappa shape index (κ3) is 3.28. The van der Waals surface area contributed by atoms with Crippen molar-refractivity contribution in [2.24, 2.45) is 16.6 Å². The molecule has 1 aliphatic carbocycles. The lowest BCUT2D eigenvalue weighted by atomic mass is 9.83. The first-order valence-electron chi connectivity index (χ1n) is 9.80. The number of aliphatic hydroxyl groups excluding tert-OH is 1. The van der Waals surface area contributed by atoms with Crippen LogP contribution in [0.2, 0.25) is 5.02 Å². The van der Waals surface area contributed by atoms with Crippen LogP contribution < -0.4 is 5.73 Å². The average molecular weight is 461 g/mol. The van der Waals surface area contributed by atoms with Gasteiger partial charge < -0.3 is 10.8 Å². The topological polar surface area (TPSA) is 84.4 Å². The van der Waals surface area contributed by atoms with Crippen molar-refractivity contribution < 1.29 is 13.9 Å². The van der Waals surface area contributed by atoms with Gasteiger partial charge in [0.2, 0.25) is 0 Å². The van der Waals surface area contributed by atoms with Crippen molar-refractivity contribution in [1.29, 1.82) is 0 Å². The van der Waals surface area contributed by atoms with Crippen LogP contribution in [0.15, 0.2) is 47.7 Å². The van der Waals surface area contributed by atoms with E-state index in [0.29, 0.717) is 29.1 Å². The van der Waals surface area contributed by atoms with E-state index in [1.165, 1.54) is 17.8 Å². The second-order valence-corrected chi connectivity index (χ2v) is 9.94. The summed E-state index contributed by atoms with van der Waals surface area (Å²) in [4.78, 5) is 13.2. The Kier molecular flexibility index (Phi) is 4.91. The van der Waals surface area contributed by atoms with Gasteiger partial charge in [-0.2, -0.15) is 0 Å². The highest BCUT2D eigenvalue weighted by molar-refractivity contribution is 8.15. The van der Waals surface area contributed by atoms with Crippen molar-refractivity contribution in [3.05, 3.63) is 70.4 Å². The van der Waals surface area contributed by atoms with Gasteiger partial charge in [0.15, 0.2) is 5.17 Å². The number of hydrogen-bond donors (Lipinski definition) is 2. The molecule has 3 N–H and O–H groups in total. The second kappa shape index (κ2) is 7.39. The molecule has 0 spiro atoms. The van der Waals surface area contributed by atoms with Crippen LogP contribution >= 0.6 is 23.4 Å². The molecule has 0 saturated heterocycles. The van der Waals surface area contributed by atoms with Crippen LogP contribution in [0.4, 0.5) is 8.78 Å². The summed E-state index contributed by atoms with van der Waals surface area (Å²) in [6.07, 6.45) is 4.14. The number of alkyl halides is 1. The molecule has 2 aromatic heterocycles. The summed E-state index contributed by atoms with van der Waals surface area (Å²) in [5.41, 5.74) is 6.86. The van der Waals surface area contributed by atoms with Crippen LogP contribution in [0.3, 0.4) is 0 Å². The maximum atomic E-state index is 15.0. The van der Waals surface area contributed by atoms with Gasteiger partial charge in [0.25, 0.3) is 0 Å². The number of halogens is 3. The molecule has 0 unspecified atom stereocenters. The molecule has 2 aliphatic rings. The maximum Gasteiger partial charge on any atom is 0.155 e. The van der Waals surface area contributed by atoms with Gasteiger partial charge >= 0.3 is 0 Å². The predicted molar refractivity (Wildman–Crippen MR) is 119 cm³/mol. The van der Waals surface area contributed by atoms with E-state index in [4.69, 9.17) is 17.3 Å². The molecule has 0 amide bonds. The summed E-state index contributed by atoms with van der Waals surface area (Å²) in [5, 5.41) is 11.4. The molecule has 5 rings (SSSR count). The summed E-state index contributed by atoms with van der Waals surface area (Å²) >= 11 is 7.29. The molecular weight excluding hydrogens is 442 g/mol. The number of hydrogen-bond acceptors (Lipinski definition) is 6. The lowest BCUT2D eigenvalue weighted by molar-refractivity contribution is 0.231. The van der Waals surface area contributed by atoms with Gasteiger partial charge in [-0.25, -0.2) is 13.8 Å². The number of thioether (sulfide) groups is 1. The fourth-order valence-corrected chi connectivity index (χ4v) is 6.03. The molecule has 5 nitrogen and oxygen atoms in total. The van der Waals surface area contributed by atoms with E-state index in [9.17, 15) is 13.9 Å². The van der Waals surface area contributed by atoms with E-state index in [1.807, 2.05) is 12.1 Å². The Bertz CT molecular complexity index is 1230. The molecule has 1 aromatic carbocycles. The molecule has 3 heterocycles. The molecule has 31 heavy (non-hydrogen) atoms. The number of aliphatic imine (C=N–C) groups is 1. The maximum absolute atomic E-state index is 15.0. The molecule has 160 valence electrons. The van der Waals surface area contributed by atoms with E-state index in [1.54, 1.807) is 24.5 Å². The van der Waals surface area contributed by atoms with Crippen LogP contribution in [-0.2, 0) is 12.0 Å². The molecule has 1 fully saturated rings. The zero-order chi connectivity index (χ0) is 21.8. The van der Waals surface area contributed by atoms with E-state index in [0.717, 1.165) is 10.9 Å². The summed E-state index contributed by atoms with van der Waals surface area (Å²) in [7, 11) is 0. The highest BCUT2D eigenvalue weighted by Gasteiger charge is 2.68. The van der Waals surface area contributed by atoms with E-state index in [2.05, 4.69) is 15.0 Å². The third-order valence-corrected chi connectivity index (χ3v) is 7.69. The van der Waals surface area contributed by atoms with Crippen molar-refractivity contribution >= 4 is 39.4 Å². The molecule has 0 bridgehead atoms. The molecule has 0 radical (unpaired) electrons. The molecule has 1 aliphatic heterocycles. The number of fused-ring (bicyclic) bond motifs is 2. The number of nitrogens with two attached hydrogens (primary N) is 1. The number of rotatable bonds is 5. The summed E-state index contributed by atoms with van der Waals surface area (Å²) in [6, 6.07) is 8.25. The average Bonchev–Trinajstić information content (AvgIpc) is 3.50. The largest absolute Gasteiger partial charge is 0.395 e. The van der Waals surface area contributed by atoms with E-state index in [-0.39, 0.29) is 23.3 Å². The van der Waals surface area contributed by atoms with Gasteiger partial charge in [-0.15, -0.1) is 0 Å². The quantitative estimate of drug-likeness (QED) is 0.601. The van der Waals surface area contributed by atoms with Crippen molar-refractivity contribution in [2.45, 2.75) is 23.1 Å². The second-order valence-electron chi connectivity index (χ2n) is 8.06. The normalized spacial score (nSPS) is 27.1. The minimum absolute atomic E-state index is 0.157. The van der Waals surface area contributed by atoms with Crippen LogP contribution in [0.1, 0.15) is 23.2 Å². The van der Waals surface area contributed by atoms with Gasteiger partial charge in [0.05, 0.1) is 27.6 Å². The minimum atomic E-state index is -1.43. The lowest BCUT2D eigenvalue weighted by Gasteiger charge is -2.34. The van der Waals surface area contributed by atoms with Crippen LogP contribution in [0, 0.1) is 11.7 Å². The predicted octanol–water partition coefficient (Wildman–Crippen LogP) is 3.99. The van der Waals surface area contributed by atoms with Gasteiger partial charge in [-0.3, -0.25) is 9.97 Å². The van der Waals surface area contributed by atoms with Gasteiger partial charge in [-0.1, -0.05) is 29.4 Å². The number of amidine groups is 1. The van der Waals surface area contributed by atoms with Gasteiger partial charge in [0, 0.05) is 35.7 Å². The SMILES string of the molecule is NC1=N[C@](CF)(c2cc(Cc3nccc4cc(Cl)cnc34)ccc2F)[C@@H]2C[C@]2(CO)S1. The Morgan fingerprint density at radius 3 is 2.87 bits per heavy atom. The van der Waals surface area contributed by atoms with Crippen LogP contribution in [-0.4, -0.2) is 38.3 Å². The Morgan fingerprint density at radius 1 is 1.26 bits per heavy atom. The first kappa shape index (κ1) is 20.6. The first-order valence-corrected chi connectivity index (χ1v) is 11.0. The zero-order valence-electron chi connectivity index (χ0n) is 16.4. The molecule has 1 saturated carbocycles. The zero-order valence-corrected chi connectivity index (χ0v) is 17.9. The fourth-order valence-electron chi connectivity index (χ4n) is 4.59. The number of aliphatic hydroxyl groups is 1. The molecular formula is C22H19ClF2N4OS. The van der Waals surface area contributed by atoms with Crippen LogP contribution in [0.25, 0.3) is 10.9 Å². The Hall–Kier alpha value is -2.29. The standard InChI is InChI=1S/C22H19ClF2N4OS/c23-14-7-13-3-4-27-17(19(13)28-9-14)6-12-1-2-16(25)15(5-12)22(10-24)18-8-21(18,11-30)31-20(26)29-22/h1-5,7,9,18,30H,6,8,10-11H2,(H2,26,29)/t18-,21-,22-/m1/s1. The highest BCUT2D eigenvalue weighted by Crippen LogP contribution is 2.65. The Morgan fingerprint density at radius 2 is 2.10 bits per heavy atom. The number of nitrogens with zero attached hydrogens (tertiary/aromatic N) is 3. The first-order chi connectivity index (χ1) is 14.9. The highest BCUT2D eigenvalue weighted by atomic mass is 35.5. The number of aromatic nitrogens is 2. The summed E-state index contributed by atoms with van der Waals surface area (Å²) < 4.78 is 28.9. The Labute approximate surface area is 186 Å². The number of benzene rings is 1. The van der Waals surface area contributed by atoms with Gasteiger partial charge in [0.1, 0.15) is 18.0 Å².